The molecule has 1 aliphatic rings. The van der Waals surface area contributed by atoms with Crippen LogP contribution in [0, 0.1) is 0 Å². The fraction of sp³-hybridized carbons (Fsp3) is 0.143. The topological polar surface area (TPSA) is 98.7 Å². The van der Waals surface area contributed by atoms with E-state index in [0.29, 0.717) is 37.6 Å². The number of rotatable bonds is 5. The number of phenolic OH excluding ortho intramolecular Hbond substituents is 2. The number of phenols is 2. The summed E-state index contributed by atoms with van der Waals surface area (Å²) >= 11 is 9.47. The number of halogens is 2. The molecule has 0 radical (unpaired) electrons. The van der Waals surface area contributed by atoms with Gasteiger partial charge in [0.1, 0.15) is 17.1 Å². The number of fused-ring (bicyclic) bond motifs is 1. The van der Waals surface area contributed by atoms with E-state index in [2.05, 4.69) is 32.7 Å². The Bertz CT molecular complexity index is 1180. The van der Waals surface area contributed by atoms with Gasteiger partial charge >= 0.3 is 0 Å². The Morgan fingerprint density at radius 2 is 2.13 bits per heavy atom. The van der Waals surface area contributed by atoms with Crippen LogP contribution in [0.1, 0.15) is 27.7 Å². The van der Waals surface area contributed by atoms with Crippen LogP contribution in [0.4, 0.5) is 0 Å². The zero-order valence-corrected chi connectivity index (χ0v) is 18.2. The molecule has 0 spiro atoms. The Morgan fingerprint density at radius 1 is 1.37 bits per heavy atom. The van der Waals surface area contributed by atoms with Gasteiger partial charge in [-0.25, -0.2) is 0 Å². The summed E-state index contributed by atoms with van der Waals surface area (Å²) in [5.74, 6) is -0.0414. The molecule has 2 aromatic carbocycles. The highest BCUT2D eigenvalue weighted by molar-refractivity contribution is 9.10. The molecule has 0 aliphatic carbocycles. The van der Waals surface area contributed by atoms with Crippen LogP contribution in [0.25, 0.3) is 11.3 Å². The zero-order valence-electron chi connectivity index (χ0n) is 15.8. The van der Waals surface area contributed by atoms with E-state index in [9.17, 15) is 15.0 Å². The molecule has 4 rings (SSSR count). The van der Waals surface area contributed by atoms with Crippen molar-refractivity contribution in [1.82, 2.24) is 15.1 Å². The standard InChI is InChI=1S/C21H17BrClN3O4/c1-3-6-26-19(10-7-13(22)20(28)15(8-10)30-2)16-17(24-25-18(16)21(26)29)12-9-11(23)4-5-14(12)27/h3-5,7-9,19,27-28H,1,6H2,2H3,(H,24,25). The maximum absolute atomic E-state index is 13.1. The van der Waals surface area contributed by atoms with Crippen molar-refractivity contribution in [1.29, 1.82) is 0 Å². The van der Waals surface area contributed by atoms with Crippen molar-refractivity contribution in [3.8, 4) is 28.5 Å². The highest BCUT2D eigenvalue weighted by atomic mass is 79.9. The molecule has 7 nitrogen and oxygen atoms in total. The van der Waals surface area contributed by atoms with Gasteiger partial charge < -0.3 is 19.8 Å². The molecule has 2 heterocycles. The molecule has 0 fully saturated rings. The normalized spacial score (nSPS) is 15.4. The van der Waals surface area contributed by atoms with Crippen LogP contribution in [0.15, 0.2) is 47.5 Å². The van der Waals surface area contributed by atoms with Gasteiger partial charge in [-0.05, 0) is 51.8 Å². The fourth-order valence-corrected chi connectivity index (χ4v) is 4.31. The number of hydrogen-bond donors (Lipinski definition) is 3. The predicted octanol–water partition coefficient (Wildman–Crippen LogP) is 4.64. The smallest absolute Gasteiger partial charge is 0.273 e. The number of aromatic amines is 1. The Hall–Kier alpha value is -2.97. The quantitative estimate of drug-likeness (QED) is 0.453. The van der Waals surface area contributed by atoms with Crippen molar-refractivity contribution >= 4 is 33.4 Å². The molecule has 154 valence electrons. The van der Waals surface area contributed by atoms with E-state index in [-0.39, 0.29) is 29.7 Å². The highest BCUT2D eigenvalue weighted by Gasteiger charge is 2.42. The van der Waals surface area contributed by atoms with E-state index >= 15 is 0 Å². The first-order chi connectivity index (χ1) is 14.4. The number of aromatic hydroxyl groups is 2. The van der Waals surface area contributed by atoms with Gasteiger partial charge in [-0.3, -0.25) is 9.89 Å². The van der Waals surface area contributed by atoms with E-state index in [0.717, 1.165) is 0 Å². The number of carbonyl (C=O) groups excluding carboxylic acids is 1. The number of H-pyrrole nitrogens is 1. The third kappa shape index (κ3) is 3.12. The van der Waals surface area contributed by atoms with Gasteiger partial charge in [0.2, 0.25) is 0 Å². The number of methoxy groups -OCH3 is 1. The molecule has 3 aromatic rings. The molecule has 9 heteroatoms. The molecule has 1 aliphatic heterocycles. The first-order valence-electron chi connectivity index (χ1n) is 8.92. The van der Waals surface area contributed by atoms with Gasteiger partial charge in [0.05, 0.1) is 17.6 Å². The second kappa shape index (κ2) is 7.70. The minimum Gasteiger partial charge on any atom is -0.507 e. The van der Waals surface area contributed by atoms with Crippen LogP contribution in [-0.2, 0) is 0 Å². The molecule has 1 unspecified atom stereocenters. The maximum Gasteiger partial charge on any atom is 0.273 e. The largest absolute Gasteiger partial charge is 0.507 e. The summed E-state index contributed by atoms with van der Waals surface area (Å²) in [6.45, 7) is 4.04. The maximum atomic E-state index is 13.1. The van der Waals surface area contributed by atoms with Crippen molar-refractivity contribution in [2.75, 3.05) is 13.7 Å². The van der Waals surface area contributed by atoms with E-state index < -0.39 is 6.04 Å². The lowest BCUT2D eigenvalue weighted by molar-refractivity contribution is 0.0764. The number of ether oxygens (including phenoxy) is 1. The Morgan fingerprint density at radius 3 is 2.83 bits per heavy atom. The third-order valence-electron chi connectivity index (χ3n) is 4.99. The van der Waals surface area contributed by atoms with Gasteiger partial charge in [0, 0.05) is 22.7 Å². The Labute approximate surface area is 185 Å². The third-order valence-corrected chi connectivity index (χ3v) is 5.83. The number of aromatic nitrogens is 2. The SMILES string of the molecule is C=CCN1C(=O)c2[nH]nc(-c3cc(Cl)ccc3O)c2C1c1cc(Br)c(O)c(OC)c1. The molecule has 0 saturated heterocycles. The second-order valence-electron chi connectivity index (χ2n) is 6.72. The lowest BCUT2D eigenvalue weighted by Gasteiger charge is -2.26. The van der Waals surface area contributed by atoms with Gasteiger partial charge in [0.15, 0.2) is 11.5 Å². The summed E-state index contributed by atoms with van der Waals surface area (Å²) in [4.78, 5) is 14.7. The number of nitrogens with zero attached hydrogens (tertiary/aromatic N) is 2. The lowest BCUT2D eigenvalue weighted by Crippen LogP contribution is -2.29. The first-order valence-corrected chi connectivity index (χ1v) is 10.1. The summed E-state index contributed by atoms with van der Waals surface area (Å²) in [5, 5.41) is 28.1. The number of nitrogens with one attached hydrogen (secondary N) is 1. The Kier molecular flexibility index (Phi) is 5.21. The Balaban J connectivity index is 1.97. The minimum atomic E-state index is -0.552. The molecule has 1 atom stereocenters. The molecular weight excluding hydrogens is 474 g/mol. The van der Waals surface area contributed by atoms with Gasteiger partial charge in [-0.15, -0.1) is 6.58 Å². The highest BCUT2D eigenvalue weighted by Crippen LogP contribution is 2.47. The molecule has 1 aromatic heterocycles. The van der Waals surface area contributed by atoms with E-state index in [1.807, 2.05) is 0 Å². The van der Waals surface area contributed by atoms with Crippen LogP contribution in [-0.4, -0.2) is 44.9 Å². The monoisotopic (exact) mass is 489 g/mol. The van der Waals surface area contributed by atoms with Crippen molar-refractivity contribution < 1.29 is 19.7 Å². The van der Waals surface area contributed by atoms with Crippen molar-refractivity contribution in [2.24, 2.45) is 0 Å². The van der Waals surface area contributed by atoms with Gasteiger partial charge in [0.25, 0.3) is 5.91 Å². The van der Waals surface area contributed by atoms with E-state index in [1.165, 1.54) is 13.2 Å². The second-order valence-corrected chi connectivity index (χ2v) is 8.02. The van der Waals surface area contributed by atoms with E-state index in [1.54, 1.807) is 35.2 Å². The molecule has 30 heavy (non-hydrogen) atoms. The van der Waals surface area contributed by atoms with Crippen LogP contribution >= 0.6 is 27.5 Å². The summed E-state index contributed by atoms with van der Waals surface area (Å²) < 4.78 is 5.71. The minimum absolute atomic E-state index is 0.00784. The van der Waals surface area contributed by atoms with E-state index in [4.69, 9.17) is 16.3 Å². The average Bonchev–Trinajstić information content (AvgIpc) is 3.26. The number of amides is 1. The van der Waals surface area contributed by atoms with Crippen molar-refractivity contribution in [3.05, 3.63) is 69.3 Å². The van der Waals surface area contributed by atoms with Crippen molar-refractivity contribution in [2.45, 2.75) is 6.04 Å². The molecule has 3 N–H and O–H groups in total. The van der Waals surface area contributed by atoms with Crippen LogP contribution in [0.5, 0.6) is 17.2 Å². The number of carbonyl (C=O) groups is 1. The molecule has 1 amide bonds. The van der Waals surface area contributed by atoms with Crippen LogP contribution in [0.2, 0.25) is 5.02 Å². The summed E-state index contributed by atoms with van der Waals surface area (Å²) in [6, 6.07) is 7.48. The number of benzene rings is 2. The van der Waals surface area contributed by atoms with Crippen LogP contribution in [0.3, 0.4) is 0 Å². The molecule has 0 bridgehead atoms. The fourth-order valence-electron chi connectivity index (χ4n) is 3.68. The average molecular weight is 491 g/mol. The van der Waals surface area contributed by atoms with Gasteiger partial charge in [-0.2, -0.15) is 5.10 Å². The summed E-state index contributed by atoms with van der Waals surface area (Å²) in [6.07, 6.45) is 1.63. The lowest BCUT2D eigenvalue weighted by atomic mass is 9.95. The summed E-state index contributed by atoms with van der Waals surface area (Å²) in [5.41, 5.74) is 2.43. The number of hydrogen-bond acceptors (Lipinski definition) is 5. The molecular formula is C21H17BrClN3O4. The zero-order chi connectivity index (χ0) is 21.6. The van der Waals surface area contributed by atoms with Gasteiger partial charge in [-0.1, -0.05) is 17.7 Å². The van der Waals surface area contributed by atoms with Crippen molar-refractivity contribution in [3.63, 3.8) is 0 Å². The molecule has 0 saturated carbocycles. The first kappa shape index (κ1) is 20.3. The van der Waals surface area contributed by atoms with Crippen LogP contribution < -0.4 is 4.74 Å². The summed E-state index contributed by atoms with van der Waals surface area (Å²) in [7, 11) is 1.45. The predicted molar refractivity (Wildman–Crippen MR) is 116 cm³/mol.